The van der Waals surface area contributed by atoms with Gasteiger partial charge in [-0.05, 0) is 0 Å². The summed E-state index contributed by atoms with van der Waals surface area (Å²) in [5.41, 5.74) is 0. The van der Waals surface area contributed by atoms with Crippen molar-refractivity contribution >= 4 is 22.5 Å². The first kappa shape index (κ1) is 6.56. The number of halogens is 2. The van der Waals surface area contributed by atoms with E-state index in [9.17, 15) is 8.78 Å². The van der Waals surface area contributed by atoms with Crippen LogP contribution in [-0.2, 0) is 0 Å². The molecule has 0 nitrogen and oxygen atoms in total. The van der Waals surface area contributed by atoms with Gasteiger partial charge >= 0.3 is 0 Å². The second-order valence-corrected chi connectivity index (χ2v) is 2.05. The largest absolute Gasteiger partial charge is 0.248 e. The van der Waals surface area contributed by atoms with Gasteiger partial charge in [-0.1, -0.05) is 10.8 Å². The third kappa shape index (κ3) is 4.56. The van der Waals surface area contributed by atoms with E-state index in [1.54, 1.807) is 0 Å². The molecule has 0 aromatic carbocycles. The molecule has 0 unspecified atom stereocenters. The molecule has 0 atom stereocenters. The van der Waals surface area contributed by atoms with Crippen LogP contribution in [0.15, 0.2) is 0 Å². The molecule has 0 heterocycles. The number of hydrogen-bond acceptors (Lipinski definition) is 2. The van der Waals surface area contributed by atoms with Crippen molar-refractivity contribution in [1.82, 2.24) is 0 Å². The normalized spacial score (nSPS) is 10.0. The molecule has 6 heavy (non-hydrogen) atoms. The summed E-state index contributed by atoms with van der Waals surface area (Å²) in [4.78, 5) is 0. The zero-order valence-corrected chi connectivity index (χ0v) is 4.61. The van der Waals surface area contributed by atoms with E-state index in [0.29, 0.717) is 0 Å². The lowest BCUT2D eigenvalue weighted by molar-refractivity contribution is 0.177. The predicted molar refractivity (Wildman–Crippen MR) is 27.4 cm³/mol. The topological polar surface area (TPSA) is 0 Å². The van der Waals surface area contributed by atoms with Crippen molar-refractivity contribution in [2.75, 3.05) is 5.75 Å². The fourth-order valence-corrected chi connectivity index (χ4v) is 0.507. The Labute approximate surface area is 44.1 Å². The summed E-state index contributed by atoms with van der Waals surface area (Å²) in [6.07, 6.45) is -2.22. The van der Waals surface area contributed by atoms with Crippen LogP contribution in [0.25, 0.3) is 0 Å². The highest BCUT2D eigenvalue weighted by atomic mass is 33.1. The van der Waals surface area contributed by atoms with Gasteiger partial charge in [-0.2, -0.15) is 0 Å². The van der Waals surface area contributed by atoms with Crippen molar-refractivity contribution in [1.29, 1.82) is 0 Å². The fourth-order valence-electron chi connectivity index (χ4n) is 0.0563. The van der Waals surface area contributed by atoms with E-state index in [0.717, 1.165) is 10.8 Å². The Bertz CT molecular complexity index is 30.7. The average molecular weight is 130 g/mol. The molecule has 0 aliphatic rings. The predicted octanol–water partition coefficient (Wildman–Crippen LogP) is 1.83. The van der Waals surface area contributed by atoms with Crippen LogP contribution in [0.3, 0.4) is 0 Å². The molecule has 0 saturated heterocycles. The van der Waals surface area contributed by atoms with E-state index in [1.165, 1.54) is 0 Å². The zero-order valence-electron chi connectivity index (χ0n) is 2.90. The smallest absolute Gasteiger partial charge is 0.210 e. The Balaban J connectivity index is 2.63. The monoisotopic (exact) mass is 130 g/mol. The summed E-state index contributed by atoms with van der Waals surface area (Å²) >= 11 is 3.50. The van der Waals surface area contributed by atoms with E-state index < -0.39 is 6.43 Å². The molecule has 0 amide bonds. The van der Waals surface area contributed by atoms with Crippen LogP contribution in [0.5, 0.6) is 0 Å². The molecule has 0 spiro atoms. The Morgan fingerprint density at radius 3 is 2.17 bits per heavy atom. The highest BCUT2D eigenvalue weighted by Gasteiger charge is 1.96. The SMILES string of the molecule is FC(F)CSS. The lowest BCUT2D eigenvalue weighted by atomic mass is 10.9. The lowest BCUT2D eigenvalue weighted by Gasteiger charge is -1.87. The van der Waals surface area contributed by atoms with E-state index >= 15 is 0 Å². The first-order valence-corrected chi connectivity index (χ1v) is 3.35. The van der Waals surface area contributed by atoms with Crippen LogP contribution >= 0.6 is 22.5 Å². The van der Waals surface area contributed by atoms with Gasteiger partial charge < -0.3 is 0 Å². The number of thiol groups is 1. The number of rotatable bonds is 2. The molecule has 0 aromatic heterocycles. The second-order valence-electron chi connectivity index (χ2n) is 0.687. The Hall–Kier alpha value is 0.560. The van der Waals surface area contributed by atoms with Gasteiger partial charge in [0.1, 0.15) is 0 Å². The van der Waals surface area contributed by atoms with Gasteiger partial charge in [-0.15, -0.1) is 11.7 Å². The van der Waals surface area contributed by atoms with Crippen LogP contribution in [0, 0.1) is 0 Å². The van der Waals surface area contributed by atoms with Gasteiger partial charge in [-0.3, -0.25) is 0 Å². The molecular formula is C2H4F2S2. The molecule has 0 aromatic rings. The molecule has 0 aliphatic heterocycles. The van der Waals surface area contributed by atoms with Crippen molar-refractivity contribution in [3.05, 3.63) is 0 Å². The van der Waals surface area contributed by atoms with Crippen LogP contribution in [-0.4, -0.2) is 12.2 Å². The van der Waals surface area contributed by atoms with Gasteiger partial charge in [-0.25, -0.2) is 8.78 Å². The molecule has 0 bridgehead atoms. The molecule has 0 saturated carbocycles. The van der Waals surface area contributed by atoms with Crippen LogP contribution < -0.4 is 0 Å². The maximum Gasteiger partial charge on any atom is 0.248 e. The van der Waals surface area contributed by atoms with Crippen molar-refractivity contribution in [2.45, 2.75) is 6.43 Å². The van der Waals surface area contributed by atoms with Gasteiger partial charge in [0.2, 0.25) is 6.43 Å². The number of alkyl halides is 2. The molecule has 0 rings (SSSR count). The van der Waals surface area contributed by atoms with Crippen LogP contribution in [0.1, 0.15) is 0 Å². The highest BCUT2D eigenvalue weighted by molar-refractivity contribution is 8.68. The molecular weight excluding hydrogens is 126 g/mol. The second kappa shape index (κ2) is 3.74. The summed E-state index contributed by atoms with van der Waals surface area (Å²) in [5.74, 6) is -0.177. The molecule has 0 N–H and O–H groups in total. The minimum Gasteiger partial charge on any atom is -0.210 e. The maximum absolute atomic E-state index is 11.0. The fraction of sp³-hybridized carbons (Fsp3) is 1.00. The standard InChI is InChI=1S/C2H4F2S2/c3-2(4)1-6-5/h2,5H,1H2. The molecule has 0 aliphatic carbocycles. The van der Waals surface area contributed by atoms with E-state index in [4.69, 9.17) is 0 Å². The summed E-state index contributed by atoms with van der Waals surface area (Å²) in [6, 6.07) is 0. The van der Waals surface area contributed by atoms with Gasteiger partial charge in [0.25, 0.3) is 0 Å². The van der Waals surface area contributed by atoms with E-state index in [-0.39, 0.29) is 5.75 Å². The summed E-state index contributed by atoms with van der Waals surface area (Å²) in [6.45, 7) is 0. The van der Waals surface area contributed by atoms with Crippen LogP contribution in [0.4, 0.5) is 8.78 Å². The van der Waals surface area contributed by atoms with Crippen molar-refractivity contribution in [2.24, 2.45) is 0 Å². The molecule has 4 heteroatoms. The van der Waals surface area contributed by atoms with Crippen LogP contribution in [0.2, 0.25) is 0 Å². The quantitative estimate of drug-likeness (QED) is 0.439. The molecule has 0 radical (unpaired) electrons. The summed E-state index contributed by atoms with van der Waals surface area (Å²) < 4.78 is 21.9. The summed E-state index contributed by atoms with van der Waals surface area (Å²) in [5, 5.41) is 0. The zero-order chi connectivity index (χ0) is 4.99. The average Bonchev–Trinajstić information content (AvgIpc) is 1.35. The molecule has 38 valence electrons. The minimum atomic E-state index is -2.22. The van der Waals surface area contributed by atoms with Crippen molar-refractivity contribution in [3.8, 4) is 0 Å². The maximum atomic E-state index is 11.0. The van der Waals surface area contributed by atoms with Gasteiger partial charge in [0, 0.05) is 0 Å². The minimum absolute atomic E-state index is 0.177. The Kier molecular flexibility index (Phi) is 4.09. The first-order chi connectivity index (χ1) is 2.77. The Morgan fingerprint density at radius 1 is 1.67 bits per heavy atom. The van der Waals surface area contributed by atoms with Gasteiger partial charge in [0.05, 0.1) is 5.75 Å². The third-order valence-electron chi connectivity index (χ3n) is 0.201. The lowest BCUT2D eigenvalue weighted by Crippen LogP contribution is -1.89. The highest BCUT2D eigenvalue weighted by Crippen LogP contribution is 2.08. The van der Waals surface area contributed by atoms with E-state index in [1.807, 2.05) is 0 Å². The first-order valence-electron chi connectivity index (χ1n) is 1.32. The Morgan fingerprint density at radius 2 is 2.17 bits per heavy atom. The van der Waals surface area contributed by atoms with Gasteiger partial charge in [0.15, 0.2) is 0 Å². The third-order valence-corrected chi connectivity index (χ3v) is 1.05. The van der Waals surface area contributed by atoms with E-state index in [2.05, 4.69) is 11.7 Å². The van der Waals surface area contributed by atoms with Crippen molar-refractivity contribution < 1.29 is 8.78 Å². The van der Waals surface area contributed by atoms with Crippen molar-refractivity contribution in [3.63, 3.8) is 0 Å². The molecule has 0 fully saturated rings. The summed E-state index contributed by atoms with van der Waals surface area (Å²) in [7, 11) is 0.854. The number of hydrogen-bond donors (Lipinski definition) is 1.